The number of halogens is 1. The lowest BCUT2D eigenvalue weighted by atomic mass is 10.1. The fraction of sp³-hybridized carbons (Fsp3) is 0.348. The summed E-state index contributed by atoms with van der Waals surface area (Å²) in [5, 5.41) is 12.1. The summed E-state index contributed by atoms with van der Waals surface area (Å²) < 4.78 is 1.55. The maximum Gasteiger partial charge on any atom is 0.270 e. The first-order valence-electron chi connectivity index (χ1n) is 10.4. The van der Waals surface area contributed by atoms with E-state index in [0.29, 0.717) is 34.8 Å². The SMILES string of the molecule is CCn1c(C(C)N(CC(C)C)C(=O)c2cccc([N+](=O)[O-])c2)nc2cc(Cl)ccc2c1=O. The monoisotopic (exact) mass is 456 g/mol. The Bertz CT molecular complexity index is 1240. The van der Waals surface area contributed by atoms with Crippen LogP contribution in [0.5, 0.6) is 0 Å². The zero-order chi connectivity index (χ0) is 23.6. The van der Waals surface area contributed by atoms with E-state index in [1.807, 2.05) is 27.7 Å². The van der Waals surface area contributed by atoms with Crippen molar-refractivity contribution in [1.29, 1.82) is 0 Å². The molecule has 0 spiro atoms. The highest BCUT2D eigenvalue weighted by Crippen LogP contribution is 2.25. The first-order chi connectivity index (χ1) is 15.1. The minimum atomic E-state index is -0.555. The van der Waals surface area contributed by atoms with Crippen LogP contribution < -0.4 is 5.56 Å². The predicted octanol–water partition coefficient (Wildman–Crippen LogP) is 4.84. The summed E-state index contributed by atoms with van der Waals surface area (Å²) in [5.74, 6) is 0.196. The van der Waals surface area contributed by atoms with Gasteiger partial charge in [0.15, 0.2) is 0 Å². The number of carbonyl (C=O) groups is 1. The average molecular weight is 457 g/mol. The number of nitrogens with zero attached hydrogens (tertiary/aromatic N) is 4. The Morgan fingerprint density at radius 3 is 2.56 bits per heavy atom. The van der Waals surface area contributed by atoms with Crippen LogP contribution in [0.2, 0.25) is 5.02 Å². The number of rotatable bonds is 7. The van der Waals surface area contributed by atoms with Crippen molar-refractivity contribution in [3.63, 3.8) is 0 Å². The molecule has 0 saturated heterocycles. The van der Waals surface area contributed by atoms with Crippen molar-refractivity contribution < 1.29 is 9.72 Å². The molecule has 0 saturated carbocycles. The van der Waals surface area contributed by atoms with Gasteiger partial charge in [-0.25, -0.2) is 4.98 Å². The van der Waals surface area contributed by atoms with Crippen LogP contribution in [0.25, 0.3) is 10.9 Å². The van der Waals surface area contributed by atoms with Gasteiger partial charge < -0.3 is 4.90 Å². The molecule has 168 valence electrons. The lowest BCUT2D eigenvalue weighted by Gasteiger charge is -2.32. The predicted molar refractivity (Wildman–Crippen MR) is 124 cm³/mol. The maximum atomic E-state index is 13.4. The number of hydrogen-bond acceptors (Lipinski definition) is 5. The van der Waals surface area contributed by atoms with E-state index in [0.717, 1.165) is 0 Å². The number of non-ortho nitro benzene ring substituents is 1. The molecule has 0 N–H and O–H groups in total. The van der Waals surface area contributed by atoms with Crippen LogP contribution in [-0.2, 0) is 6.54 Å². The Labute approximate surface area is 190 Å². The van der Waals surface area contributed by atoms with Crippen molar-refractivity contribution in [2.75, 3.05) is 6.54 Å². The Morgan fingerprint density at radius 2 is 1.94 bits per heavy atom. The Balaban J connectivity index is 2.13. The first-order valence-corrected chi connectivity index (χ1v) is 10.8. The molecule has 0 fully saturated rings. The topological polar surface area (TPSA) is 98.3 Å². The van der Waals surface area contributed by atoms with Gasteiger partial charge in [0.2, 0.25) is 0 Å². The van der Waals surface area contributed by atoms with Crippen LogP contribution in [0.15, 0.2) is 47.3 Å². The van der Waals surface area contributed by atoms with Gasteiger partial charge in [0.1, 0.15) is 5.82 Å². The van der Waals surface area contributed by atoms with E-state index in [1.165, 1.54) is 18.2 Å². The van der Waals surface area contributed by atoms with E-state index in [1.54, 1.807) is 33.7 Å². The molecule has 8 nitrogen and oxygen atoms in total. The van der Waals surface area contributed by atoms with E-state index in [9.17, 15) is 19.7 Å². The van der Waals surface area contributed by atoms with Crippen molar-refractivity contribution in [3.05, 3.63) is 79.3 Å². The van der Waals surface area contributed by atoms with Crippen LogP contribution in [0, 0.1) is 16.0 Å². The highest BCUT2D eigenvalue weighted by molar-refractivity contribution is 6.31. The van der Waals surface area contributed by atoms with E-state index < -0.39 is 11.0 Å². The summed E-state index contributed by atoms with van der Waals surface area (Å²) in [5.41, 5.74) is 0.308. The van der Waals surface area contributed by atoms with Gasteiger partial charge in [-0.3, -0.25) is 24.3 Å². The molecule has 3 aromatic rings. The summed E-state index contributed by atoms with van der Waals surface area (Å²) in [6.45, 7) is 8.36. The number of nitro benzene ring substituents is 1. The van der Waals surface area contributed by atoms with Gasteiger partial charge in [-0.05, 0) is 44.0 Å². The molecule has 0 aliphatic heterocycles. The number of aromatic nitrogens is 2. The maximum absolute atomic E-state index is 13.4. The minimum Gasteiger partial charge on any atom is -0.328 e. The molecule has 0 bridgehead atoms. The molecule has 0 aliphatic carbocycles. The highest BCUT2D eigenvalue weighted by Gasteiger charge is 2.28. The lowest BCUT2D eigenvalue weighted by molar-refractivity contribution is -0.384. The van der Waals surface area contributed by atoms with Crippen LogP contribution in [0.1, 0.15) is 49.9 Å². The van der Waals surface area contributed by atoms with Gasteiger partial charge in [0.05, 0.1) is 21.9 Å². The number of amides is 1. The number of benzene rings is 2. The van der Waals surface area contributed by atoms with Crippen molar-refractivity contribution >= 4 is 34.1 Å². The van der Waals surface area contributed by atoms with Crippen molar-refractivity contribution in [1.82, 2.24) is 14.5 Å². The molecule has 1 amide bonds. The first kappa shape index (κ1) is 23.4. The molecule has 1 heterocycles. The summed E-state index contributed by atoms with van der Waals surface area (Å²) in [6.07, 6.45) is 0. The smallest absolute Gasteiger partial charge is 0.270 e. The van der Waals surface area contributed by atoms with Gasteiger partial charge in [0, 0.05) is 35.8 Å². The van der Waals surface area contributed by atoms with Crippen molar-refractivity contribution in [3.8, 4) is 0 Å². The molecule has 1 atom stereocenters. The molecule has 0 aliphatic rings. The fourth-order valence-electron chi connectivity index (χ4n) is 3.70. The van der Waals surface area contributed by atoms with Crippen molar-refractivity contribution in [2.24, 2.45) is 5.92 Å². The van der Waals surface area contributed by atoms with E-state index in [2.05, 4.69) is 0 Å². The fourth-order valence-corrected chi connectivity index (χ4v) is 3.87. The van der Waals surface area contributed by atoms with Gasteiger partial charge in [-0.1, -0.05) is 31.5 Å². The molecule has 3 rings (SSSR count). The molecule has 0 radical (unpaired) electrons. The van der Waals surface area contributed by atoms with Gasteiger partial charge in [0.25, 0.3) is 17.2 Å². The van der Waals surface area contributed by atoms with E-state index in [4.69, 9.17) is 16.6 Å². The lowest BCUT2D eigenvalue weighted by Crippen LogP contribution is -2.39. The Hall–Kier alpha value is -3.26. The third kappa shape index (κ3) is 4.65. The number of fused-ring (bicyclic) bond motifs is 1. The third-order valence-electron chi connectivity index (χ3n) is 5.23. The number of nitro groups is 1. The second-order valence-corrected chi connectivity index (χ2v) is 8.45. The zero-order valence-corrected chi connectivity index (χ0v) is 19.2. The second-order valence-electron chi connectivity index (χ2n) is 8.02. The molecular formula is C23H25ClN4O4. The third-order valence-corrected chi connectivity index (χ3v) is 5.47. The average Bonchev–Trinajstić information content (AvgIpc) is 2.76. The molecule has 32 heavy (non-hydrogen) atoms. The summed E-state index contributed by atoms with van der Waals surface area (Å²) >= 11 is 6.11. The Kier molecular flexibility index (Phi) is 6.93. The second kappa shape index (κ2) is 9.48. The standard InChI is InChI=1S/C23H25ClN4O4/c1-5-26-21(25-20-12-17(24)9-10-19(20)23(26)30)15(4)27(13-14(2)3)22(29)16-7-6-8-18(11-16)28(31)32/h6-12,14-15H,5,13H2,1-4H3. The summed E-state index contributed by atoms with van der Waals surface area (Å²) in [4.78, 5) is 43.5. The number of hydrogen-bond donors (Lipinski definition) is 0. The zero-order valence-electron chi connectivity index (χ0n) is 18.4. The molecule has 1 aromatic heterocycles. The van der Waals surface area contributed by atoms with Crippen LogP contribution in [0.3, 0.4) is 0 Å². The Morgan fingerprint density at radius 1 is 1.22 bits per heavy atom. The summed E-state index contributed by atoms with van der Waals surface area (Å²) in [7, 11) is 0. The number of carbonyl (C=O) groups excluding carboxylic acids is 1. The highest BCUT2D eigenvalue weighted by atomic mass is 35.5. The molecule has 1 unspecified atom stereocenters. The van der Waals surface area contributed by atoms with Gasteiger partial charge in [-0.15, -0.1) is 0 Å². The largest absolute Gasteiger partial charge is 0.328 e. The molecule has 2 aromatic carbocycles. The molecule has 9 heteroatoms. The van der Waals surface area contributed by atoms with Crippen molar-refractivity contribution in [2.45, 2.75) is 40.3 Å². The normalized spacial score (nSPS) is 12.2. The molecular weight excluding hydrogens is 432 g/mol. The van der Waals surface area contributed by atoms with Gasteiger partial charge >= 0.3 is 0 Å². The van der Waals surface area contributed by atoms with Crippen LogP contribution in [-0.4, -0.2) is 31.8 Å². The minimum absolute atomic E-state index is 0.122. The van der Waals surface area contributed by atoms with E-state index >= 15 is 0 Å². The van der Waals surface area contributed by atoms with Crippen LogP contribution >= 0.6 is 11.6 Å². The van der Waals surface area contributed by atoms with Crippen LogP contribution in [0.4, 0.5) is 5.69 Å². The van der Waals surface area contributed by atoms with E-state index in [-0.39, 0.29) is 28.6 Å². The summed E-state index contributed by atoms with van der Waals surface area (Å²) in [6, 6.07) is 10.0. The van der Waals surface area contributed by atoms with Gasteiger partial charge in [-0.2, -0.15) is 0 Å². The quantitative estimate of drug-likeness (QED) is 0.374.